The van der Waals surface area contributed by atoms with Crippen LogP contribution in [-0.2, 0) is 16.6 Å². The molecule has 0 aliphatic carbocycles. The van der Waals surface area contributed by atoms with Crippen LogP contribution in [0.5, 0.6) is 0 Å². The van der Waals surface area contributed by atoms with Gasteiger partial charge in [-0.25, -0.2) is 13.4 Å². The van der Waals surface area contributed by atoms with Crippen LogP contribution in [-0.4, -0.2) is 18.4 Å². The van der Waals surface area contributed by atoms with Gasteiger partial charge in [0.25, 0.3) is 10.0 Å². The van der Waals surface area contributed by atoms with Crippen molar-refractivity contribution in [3.8, 4) is 0 Å². The van der Waals surface area contributed by atoms with Crippen molar-refractivity contribution in [2.24, 2.45) is 0 Å². The summed E-state index contributed by atoms with van der Waals surface area (Å²) >= 11 is 0. The highest BCUT2D eigenvalue weighted by Gasteiger charge is 2.13. The third-order valence-electron chi connectivity index (χ3n) is 3.54. The van der Waals surface area contributed by atoms with Gasteiger partial charge in [0.2, 0.25) is 0 Å². The quantitative estimate of drug-likeness (QED) is 0.710. The Balaban J connectivity index is 1.65. The molecule has 0 bridgehead atoms. The monoisotopic (exact) mass is 354 g/mol. The molecule has 0 aliphatic rings. The zero-order valence-electron chi connectivity index (χ0n) is 13.7. The van der Waals surface area contributed by atoms with Crippen LogP contribution >= 0.6 is 0 Å². The van der Waals surface area contributed by atoms with Crippen LogP contribution in [0.1, 0.15) is 11.1 Å². The smallest absolute Gasteiger partial charge is 0.261 e. The second-order valence-electron chi connectivity index (χ2n) is 5.57. The maximum Gasteiger partial charge on any atom is 0.261 e. The Kier molecular flexibility index (Phi) is 4.95. The van der Waals surface area contributed by atoms with Crippen LogP contribution in [0, 0.1) is 6.92 Å². The van der Waals surface area contributed by atoms with E-state index < -0.39 is 10.0 Å². The predicted octanol–water partition coefficient (Wildman–Crippen LogP) is 3.20. The Morgan fingerprint density at radius 1 is 1.00 bits per heavy atom. The lowest BCUT2D eigenvalue weighted by Gasteiger charge is -2.09. The minimum Gasteiger partial charge on any atom is -0.366 e. The summed E-state index contributed by atoms with van der Waals surface area (Å²) in [5.41, 5.74) is 2.45. The van der Waals surface area contributed by atoms with E-state index in [0.717, 1.165) is 11.1 Å². The van der Waals surface area contributed by atoms with Crippen molar-refractivity contribution in [2.75, 3.05) is 10.0 Å². The first kappa shape index (κ1) is 16.9. The van der Waals surface area contributed by atoms with Crippen molar-refractivity contribution in [1.82, 2.24) is 9.97 Å². The van der Waals surface area contributed by atoms with Gasteiger partial charge in [0.05, 0.1) is 16.8 Å². The Labute approximate surface area is 147 Å². The summed E-state index contributed by atoms with van der Waals surface area (Å²) in [7, 11) is -3.62. The molecule has 2 aromatic heterocycles. The van der Waals surface area contributed by atoms with Gasteiger partial charge in [-0.3, -0.25) is 9.71 Å². The topological polar surface area (TPSA) is 84.0 Å². The lowest BCUT2D eigenvalue weighted by atomic mass is 10.2. The SMILES string of the molecule is Cc1ccc(S(=O)(=O)Nc2ccc(NCc3cccnc3)nc2)cc1. The van der Waals surface area contributed by atoms with Gasteiger partial charge in [-0.05, 0) is 42.8 Å². The fraction of sp³-hybridized carbons (Fsp3) is 0.111. The van der Waals surface area contributed by atoms with Crippen molar-refractivity contribution in [3.63, 3.8) is 0 Å². The summed E-state index contributed by atoms with van der Waals surface area (Å²) in [6.45, 7) is 2.50. The zero-order valence-corrected chi connectivity index (χ0v) is 14.5. The molecule has 25 heavy (non-hydrogen) atoms. The van der Waals surface area contributed by atoms with Gasteiger partial charge in [0, 0.05) is 18.9 Å². The van der Waals surface area contributed by atoms with E-state index in [1.807, 2.05) is 19.1 Å². The Morgan fingerprint density at radius 2 is 1.80 bits per heavy atom. The predicted molar refractivity (Wildman–Crippen MR) is 97.8 cm³/mol. The van der Waals surface area contributed by atoms with Gasteiger partial charge in [0.1, 0.15) is 5.82 Å². The van der Waals surface area contributed by atoms with E-state index in [9.17, 15) is 8.42 Å². The third-order valence-corrected chi connectivity index (χ3v) is 4.94. The highest BCUT2D eigenvalue weighted by atomic mass is 32.2. The minimum atomic E-state index is -3.62. The van der Waals surface area contributed by atoms with Crippen LogP contribution in [0.25, 0.3) is 0 Å². The van der Waals surface area contributed by atoms with Crippen LogP contribution in [0.3, 0.4) is 0 Å². The molecule has 128 valence electrons. The minimum absolute atomic E-state index is 0.219. The van der Waals surface area contributed by atoms with E-state index in [4.69, 9.17) is 0 Å². The molecular weight excluding hydrogens is 336 g/mol. The van der Waals surface area contributed by atoms with Crippen molar-refractivity contribution >= 4 is 21.5 Å². The van der Waals surface area contributed by atoms with Gasteiger partial charge < -0.3 is 5.32 Å². The van der Waals surface area contributed by atoms with Gasteiger partial charge in [-0.2, -0.15) is 0 Å². The summed E-state index contributed by atoms with van der Waals surface area (Å²) in [5, 5.41) is 3.16. The Hall–Kier alpha value is -2.93. The van der Waals surface area contributed by atoms with Crippen molar-refractivity contribution in [1.29, 1.82) is 0 Å². The number of aryl methyl sites for hydroxylation is 1. The molecule has 7 heteroatoms. The first-order valence-electron chi connectivity index (χ1n) is 7.71. The van der Waals surface area contributed by atoms with Crippen molar-refractivity contribution in [3.05, 3.63) is 78.2 Å². The van der Waals surface area contributed by atoms with Gasteiger partial charge in [-0.15, -0.1) is 0 Å². The number of hydrogen-bond acceptors (Lipinski definition) is 5. The average Bonchev–Trinajstić information content (AvgIpc) is 2.62. The number of benzene rings is 1. The number of sulfonamides is 1. The molecular formula is C18H18N4O2S. The highest BCUT2D eigenvalue weighted by molar-refractivity contribution is 7.92. The summed E-state index contributed by atoms with van der Waals surface area (Å²) in [5.74, 6) is 0.655. The van der Waals surface area contributed by atoms with Crippen LogP contribution in [0.2, 0.25) is 0 Å². The van der Waals surface area contributed by atoms with E-state index in [-0.39, 0.29) is 4.90 Å². The normalized spacial score (nSPS) is 11.1. The number of rotatable bonds is 6. The molecule has 0 atom stereocenters. The molecule has 0 radical (unpaired) electrons. The maximum absolute atomic E-state index is 12.3. The second kappa shape index (κ2) is 7.31. The Morgan fingerprint density at radius 3 is 2.44 bits per heavy atom. The number of pyridine rings is 2. The fourth-order valence-corrected chi connectivity index (χ4v) is 3.23. The number of anilines is 2. The van der Waals surface area contributed by atoms with Crippen molar-refractivity contribution in [2.45, 2.75) is 18.4 Å². The van der Waals surface area contributed by atoms with E-state index in [2.05, 4.69) is 20.0 Å². The molecule has 1 aromatic carbocycles. The summed E-state index contributed by atoms with van der Waals surface area (Å²) in [6.07, 6.45) is 4.98. The van der Waals surface area contributed by atoms with Gasteiger partial charge in [-0.1, -0.05) is 23.8 Å². The molecule has 2 N–H and O–H groups in total. The standard InChI is InChI=1S/C18H18N4O2S/c1-14-4-7-17(8-5-14)25(23,24)22-16-6-9-18(21-13-16)20-12-15-3-2-10-19-11-15/h2-11,13,22H,12H2,1H3,(H,20,21). The molecule has 0 aliphatic heterocycles. The third kappa shape index (κ3) is 4.54. The van der Waals surface area contributed by atoms with E-state index in [1.165, 1.54) is 6.20 Å². The lowest BCUT2D eigenvalue weighted by Crippen LogP contribution is -2.13. The van der Waals surface area contributed by atoms with Crippen LogP contribution in [0.15, 0.2) is 72.0 Å². The Bertz CT molecular complexity index is 925. The summed E-state index contributed by atoms with van der Waals surface area (Å²) in [6, 6.07) is 13.9. The number of nitrogens with zero attached hydrogens (tertiary/aromatic N) is 2. The average molecular weight is 354 g/mol. The maximum atomic E-state index is 12.3. The molecule has 0 unspecified atom stereocenters. The van der Waals surface area contributed by atoms with E-state index in [0.29, 0.717) is 18.1 Å². The molecule has 0 spiro atoms. The van der Waals surface area contributed by atoms with Crippen molar-refractivity contribution < 1.29 is 8.42 Å². The van der Waals surface area contributed by atoms with E-state index in [1.54, 1.807) is 48.8 Å². The molecule has 0 saturated carbocycles. The van der Waals surface area contributed by atoms with Crippen LogP contribution < -0.4 is 10.0 Å². The van der Waals surface area contributed by atoms with E-state index >= 15 is 0 Å². The summed E-state index contributed by atoms with van der Waals surface area (Å²) in [4.78, 5) is 8.50. The molecule has 3 rings (SSSR count). The molecule has 0 fully saturated rings. The molecule has 0 saturated heterocycles. The van der Waals surface area contributed by atoms with Crippen LogP contribution in [0.4, 0.5) is 11.5 Å². The second-order valence-corrected chi connectivity index (χ2v) is 7.25. The summed E-state index contributed by atoms with van der Waals surface area (Å²) < 4.78 is 27.2. The molecule has 0 amide bonds. The number of hydrogen-bond donors (Lipinski definition) is 2. The van der Waals surface area contributed by atoms with Gasteiger partial charge in [0.15, 0.2) is 0 Å². The van der Waals surface area contributed by atoms with Gasteiger partial charge >= 0.3 is 0 Å². The molecule has 3 aromatic rings. The fourth-order valence-electron chi connectivity index (χ4n) is 2.19. The highest BCUT2D eigenvalue weighted by Crippen LogP contribution is 2.17. The lowest BCUT2D eigenvalue weighted by molar-refractivity contribution is 0.601. The largest absolute Gasteiger partial charge is 0.366 e. The molecule has 2 heterocycles. The molecule has 6 nitrogen and oxygen atoms in total. The number of aromatic nitrogens is 2. The first-order valence-corrected chi connectivity index (χ1v) is 9.19. The zero-order chi connectivity index (χ0) is 17.7. The number of nitrogens with one attached hydrogen (secondary N) is 2. The first-order chi connectivity index (χ1) is 12.0.